The van der Waals surface area contributed by atoms with E-state index in [-0.39, 0.29) is 6.04 Å². The molecule has 1 aliphatic heterocycles. The van der Waals surface area contributed by atoms with Crippen molar-refractivity contribution in [1.82, 2.24) is 14.7 Å². The Morgan fingerprint density at radius 3 is 2.88 bits per heavy atom. The predicted octanol–water partition coefficient (Wildman–Crippen LogP) is 1.21. The molecule has 0 amide bonds. The summed E-state index contributed by atoms with van der Waals surface area (Å²) in [6.45, 7) is 6.56. The average molecular weight is 222 g/mol. The highest BCUT2D eigenvalue weighted by Gasteiger charge is 2.34. The van der Waals surface area contributed by atoms with Crippen molar-refractivity contribution in [2.75, 3.05) is 13.1 Å². The minimum atomic E-state index is 0.236. The molecule has 16 heavy (non-hydrogen) atoms. The van der Waals surface area contributed by atoms with E-state index < -0.39 is 0 Å². The third kappa shape index (κ3) is 1.99. The summed E-state index contributed by atoms with van der Waals surface area (Å²) in [5.74, 6) is 0. The maximum Gasteiger partial charge on any atom is 0.0840 e. The molecular formula is C12H22N4. The second-order valence-corrected chi connectivity index (χ2v) is 4.80. The molecule has 1 aliphatic rings. The molecule has 90 valence electrons. The van der Waals surface area contributed by atoms with Crippen molar-refractivity contribution in [3.63, 3.8) is 0 Å². The molecule has 2 atom stereocenters. The third-order valence-corrected chi connectivity index (χ3v) is 3.39. The molecule has 0 radical (unpaired) electrons. The van der Waals surface area contributed by atoms with Gasteiger partial charge in [0.05, 0.1) is 11.7 Å². The number of likely N-dealkylation sites (tertiary alicyclic amines) is 1. The minimum Gasteiger partial charge on any atom is -0.326 e. The molecule has 0 spiro atoms. The zero-order valence-corrected chi connectivity index (χ0v) is 10.5. The van der Waals surface area contributed by atoms with Crippen LogP contribution in [-0.4, -0.2) is 33.8 Å². The fourth-order valence-electron chi connectivity index (χ4n) is 2.71. The van der Waals surface area contributed by atoms with Gasteiger partial charge in [0.2, 0.25) is 0 Å². The normalized spacial score (nSPS) is 26.5. The first-order valence-electron chi connectivity index (χ1n) is 6.13. The maximum atomic E-state index is 6.22. The molecule has 0 unspecified atom stereocenters. The van der Waals surface area contributed by atoms with Crippen LogP contribution >= 0.6 is 0 Å². The summed E-state index contributed by atoms with van der Waals surface area (Å²) in [7, 11) is 1.97. The standard InChI is InChI=1S/C12H22N4/c1-4-6-16-7-5-10(13)12(16)11-9(2)8-15(3)14-11/h8,10,12H,4-7,13H2,1-3H3/t10-,12-/m0/s1. The lowest BCUT2D eigenvalue weighted by Gasteiger charge is -2.25. The molecule has 4 heteroatoms. The zero-order chi connectivity index (χ0) is 11.7. The number of hydrogen-bond acceptors (Lipinski definition) is 3. The van der Waals surface area contributed by atoms with E-state index in [1.54, 1.807) is 0 Å². The predicted molar refractivity (Wildman–Crippen MR) is 65.1 cm³/mol. The lowest BCUT2D eigenvalue weighted by atomic mass is 10.0. The van der Waals surface area contributed by atoms with E-state index in [1.807, 2.05) is 11.7 Å². The van der Waals surface area contributed by atoms with E-state index in [0.717, 1.165) is 19.5 Å². The zero-order valence-electron chi connectivity index (χ0n) is 10.5. The van der Waals surface area contributed by atoms with Crippen LogP contribution in [0.15, 0.2) is 6.20 Å². The number of aromatic nitrogens is 2. The van der Waals surface area contributed by atoms with Gasteiger partial charge in [0.1, 0.15) is 0 Å². The molecule has 2 heterocycles. The van der Waals surface area contributed by atoms with E-state index in [0.29, 0.717) is 6.04 Å². The Morgan fingerprint density at radius 2 is 2.31 bits per heavy atom. The van der Waals surface area contributed by atoms with Crippen LogP contribution in [0.25, 0.3) is 0 Å². The summed E-state index contributed by atoms with van der Waals surface area (Å²) in [5.41, 5.74) is 8.64. The Morgan fingerprint density at radius 1 is 1.56 bits per heavy atom. The van der Waals surface area contributed by atoms with Crippen molar-refractivity contribution in [3.05, 3.63) is 17.5 Å². The van der Waals surface area contributed by atoms with Crippen LogP contribution in [0.3, 0.4) is 0 Å². The van der Waals surface area contributed by atoms with Gasteiger partial charge in [0.15, 0.2) is 0 Å². The lowest BCUT2D eigenvalue weighted by Crippen LogP contribution is -2.33. The maximum absolute atomic E-state index is 6.22. The van der Waals surface area contributed by atoms with Crippen molar-refractivity contribution in [2.45, 2.75) is 38.8 Å². The molecule has 2 rings (SSSR count). The fraction of sp³-hybridized carbons (Fsp3) is 0.750. The quantitative estimate of drug-likeness (QED) is 0.836. The summed E-state index contributed by atoms with van der Waals surface area (Å²) < 4.78 is 1.89. The topological polar surface area (TPSA) is 47.1 Å². The van der Waals surface area contributed by atoms with Crippen LogP contribution in [0.5, 0.6) is 0 Å². The van der Waals surface area contributed by atoms with Gasteiger partial charge >= 0.3 is 0 Å². The van der Waals surface area contributed by atoms with Crippen LogP contribution in [0, 0.1) is 6.92 Å². The summed E-state index contributed by atoms with van der Waals surface area (Å²) >= 11 is 0. The van der Waals surface area contributed by atoms with Crippen LogP contribution < -0.4 is 5.73 Å². The molecule has 1 aromatic rings. The molecular weight excluding hydrogens is 200 g/mol. The Balaban J connectivity index is 2.26. The average Bonchev–Trinajstić information content (AvgIpc) is 2.71. The van der Waals surface area contributed by atoms with Crippen molar-refractivity contribution in [3.8, 4) is 0 Å². The number of nitrogens with two attached hydrogens (primary N) is 1. The molecule has 1 saturated heterocycles. The number of aryl methyl sites for hydroxylation is 2. The number of rotatable bonds is 3. The van der Waals surface area contributed by atoms with Crippen LogP contribution in [0.1, 0.15) is 37.1 Å². The van der Waals surface area contributed by atoms with E-state index in [9.17, 15) is 0 Å². The van der Waals surface area contributed by atoms with Crippen LogP contribution in [-0.2, 0) is 7.05 Å². The molecule has 0 bridgehead atoms. The van der Waals surface area contributed by atoms with Gasteiger partial charge in [-0.2, -0.15) is 5.10 Å². The molecule has 0 aromatic carbocycles. The van der Waals surface area contributed by atoms with Gasteiger partial charge in [-0.15, -0.1) is 0 Å². The molecule has 1 fully saturated rings. The van der Waals surface area contributed by atoms with Crippen molar-refractivity contribution < 1.29 is 0 Å². The molecule has 1 aromatic heterocycles. The first-order chi connectivity index (χ1) is 7.63. The first kappa shape index (κ1) is 11.6. The minimum absolute atomic E-state index is 0.236. The molecule has 0 saturated carbocycles. The highest BCUT2D eigenvalue weighted by atomic mass is 15.3. The SMILES string of the molecule is CCCN1CC[C@H](N)[C@H]1c1nn(C)cc1C. The summed E-state index contributed by atoms with van der Waals surface area (Å²) in [6.07, 6.45) is 4.33. The Labute approximate surface area is 97.4 Å². The summed E-state index contributed by atoms with van der Waals surface area (Å²) in [4.78, 5) is 2.47. The Kier molecular flexibility index (Phi) is 3.30. The van der Waals surface area contributed by atoms with E-state index >= 15 is 0 Å². The highest BCUT2D eigenvalue weighted by molar-refractivity contribution is 5.22. The molecule has 2 N–H and O–H groups in total. The van der Waals surface area contributed by atoms with Gasteiger partial charge in [0.25, 0.3) is 0 Å². The van der Waals surface area contributed by atoms with Crippen molar-refractivity contribution in [2.24, 2.45) is 12.8 Å². The second-order valence-electron chi connectivity index (χ2n) is 4.80. The second kappa shape index (κ2) is 4.55. The molecule has 4 nitrogen and oxygen atoms in total. The number of hydrogen-bond donors (Lipinski definition) is 1. The van der Waals surface area contributed by atoms with Gasteiger partial charge in [-0.1, -0.05) is 6.92 Å². The van der Waals surface area contributed by atoms with E-state index in [2.05, 4.69) is 30.0 Å². The van der Waals surface area contributed by atoms with Gasteiger partial charge in [0, 0.05) is 25.8 Å². The largest absolute Gasteiger partial charge is 0.326 e. The van der Waals surface area contributed by atoms with Gasteiger partial charge in [-0.05, 0) is 31.9 Å². The van der Waals surface area contributed by atoms with Gasteiger partial charge < -0.3 is 5.73 Å². The van der Waals surface area contributed by atoms with Gasteiger partial charge in [-0.3, -0.25) is 9.58 Å². The Bertz CT molecular complexity index is 356. The lowest BCUT2D eigenvalue weighted by molar-refractivity contribution is 0.242. The fourth-order valence-corrected chi connectivity index (χ4v) is 2.71. The van der Waals surface area contributed by atoms with Gasteiger partial charge in [-0.25, -0.2) is 0 Å². The monoisotopic (exact) mass is 222 g/mol. The third-order valence-electron chi connectivity index (χ3n) is 3.39. The summed E-state index contributed by atoms with van der Waals surface area (Å²) in [5, 5.41) is 4.57. The van der Waals surface area contributed by atoms with Crippen LogP contribution in [0.2, 0.25) is 0 Å². The summed E-state index contributed by atoms with van der Waals surface area (Å²) in [6, 6.07) is 0.557. The van der Waals surface area contributed by atoms with E-state index in [4.69, 9.17) is 5.73 Å². The van der Waals surface area contributed by atoms with E-state index in [1.165, 1.54) is 17.7 Å². The number of nitrogens with zero attached hydrogens (tertiary/aromatic N) is 3. The first-order valence-corrected chi connectivity index (χ1v) is 6.13. The van der Waals surface area contributed by atoms with Crippen LogP contribution in [0.4, 0.5) is 0 Å². The Hall–Kier alpha value is -0.870. The van der Waals surface area contributed by atoms with Crippen molar-refractivity contribution >= 4 is 0 Å². The molecule has 0 aliphatic carbocycles. The highest BCUT2D eigenvalue weighted by Crippen LogP contribution is 2.31. The smallest absolute Gasteiger partial charge is 0.0840 e. The van der Waals surface area contributed by atoms with Crippen molar-refractivity contribution in [1.29, 1.82) is 0 Å².